The summed E-state index contributed by atoms with van der Waals surface area (Å²) in [6.45, 7) is 2.21. The van der Waals surface area contributed by atoms with E-state index in [9.17, 15) is 9.59 Å². The van der Waals surface area contributed by atoms with Crippen LogP contribution in [0.2, 0.25) is 0 Å². The Kier molecular flexibility index (Phi) is 3.57. The van der Waals surface area contributed by atoms with Gasteiger partial charge in [0.1, 0.15) is 0 Å². The van der Waals surface area contributed by atoms with Crippen LogP contribution < -0.4 is 11.1 Å². The summed E-state index contributed by atoms with van der Waals surface area (Å²) in [4.78, 5) is 23.8. The third-order valence-corrected chi connectivity index (χ3v) is 3.55. The largest absolute Gasteiger partial charge is 0.465 e. The number of ether oxygens (including phenoxy) is 1. The normalized spacial score (nSPS) is 15.7. The lowest BCUT2D eigenvalue weighted by atomic mass is 10.1. The number of rotatable bonds is 4. The molecule has 1 aromatic carbocycles. The molecular weight excluding hydrogens is 244 g/mol. The molecule has 5 nitrogen and oxygen atoms in total. The first-order chi connectivity index (χ1) is 9.02. The van der Waals surface area contributed by atoms with Crippen LogP contribution in [0, 0.1) is 12.3 Å². The second-order valence-corrected chi connectivity index (χ2v) is 4.98. The SMILES string of the molecule is COC(=O)c1cc(C)ccc1NC(=O)C1(CN)CC1. The lowest BCUT2D eigenvalue weighted by molar-refractivity contribution is -0.120. The van der Waals surface area contributed by atoms with Gasteiger partial charge in [0, 0.05) is 6.54 Å². The van der Waals surface area contributed by atoms with E-state index in [1.54, 1.807) is 12.1 Å². The minimum absolute atomic E-state index is 0.121. The van der Waals surface area contributed by atoms with Gasteiger partial charge in [0.15, 0.2) is 0 Å². The molecular formula is C14H18N2O3. The van der Waals surface area contributed by atoms with E-state index in [4.69, 9.17) is 10.5 Å². The van der Waals surface area contributed by atoms with Gasteiger partial charge in [-0.25, -0.2) is 4.79 Å². The van der Waals surface area contributed by atoms with Crippen molar-refractivity contribution in [2.45, 2.75) is 19.8 Å². The predicted octanol–water partition coefficient (Wildman–Crippen LogP) is 1.46. The molecule has 0 spiro atoms. The summed E-state index contributed by atoms with van der Waals surface area (Å²) >= 11 is 0. The van der Waals surface area contributed by atoms with Gasteiger partial charge in [0.25, 0.3) is 0 Å². The molecule has 0 saturated heterocycles. The van der Waals surface area contributed by atoms with Gasteiger partial charge in [-0.15, -0.1) is 0 Å². The van der Waals surface area contributed by atoms with Crippen molar-refractivity contribution in [1.29, 1.82) is 0 Å². The number of methoxy groups -OCH3 is 1. The van der Waals surface area contributed by atoms with E-state index >= 15 is 0 Å². The Hall–Kier alpha value is -1.88. The van der Waals surface area contributed by atoms with E-state index in [2.05, 4.69) is 5.32 Å². The van der Waals surface area contributed by atoms with Crippen molar-refractivity contribution in [3.8, 4) is 0 Å². The summed E-state index contributed by atoms with van der Waals surface area (Å²) < 4.78 is 4.73. The van der Waals surface area contributed by atoms with Crippen LogP contribution in [-0.2, 0) is 9.53 Å². The molecule has 0 bridgehead atoms. The van der Waals surface area contributed by atoms with E-state index in [0.717, 1.165) is 18.4 Å². The maximum atomic E-state index is 12.1. The molecule has 3 N–H and O–H groups in total. The monoisotopic (exact) mass is 262 g/mol. The smallest absolute Gasteiger partial charge is 0.339 e. The van der Waals surface area contributed by atoms with Crippen LogP contribution in [0.1, 0.15) is 28.8 Å². The van der Waals surface area contributed by atoms with E-state index in [-0.39, 0.29) is 5.91 Å². The molecule has 0 aliphatic heterocycles. The third-order valence-electron chi connectivity index (χ3n) is 3.55. The molecule has 1 aliphatic rings. The molecule has 1 fully saturated rings. The topological polar surface area (TPSA) is 81.4 Å². The standard InChI is InChI=1S/C14H18N2O3/c1-9-3-4-11(10(7-9)12(17)19-2)16-13(18)14(8-15)5-6-14/h3-4,7H,5-6,8,15H2,1-2H3,(H,16,18). The Labute approximate surface area is 112 Å². The zero-order valence-electron chi connectivity index (χ0n) is 11.2. The van der Waals surface area contributed by atoms with Crippen molar-refractivity contribution in [2.24, 2.45) is 11.1 Å². The Morgan fingerprint density at radius 1 is 1.42 bits per heavy atom. The van der Waals surface area contributed by atoms with E-state index in [1.165, 1.54) is 7.11 Å². The number of hydrogen-bond donors (Lipinski definition) is 2. The lowest BCUT2D eigenvalue weighted by Crippen LogP contribution is -2.31. The molecule has 1 saturated carbocycles. The van der Waals surface area contributed by atoms with Crippen LogP contribution in [0.5, 0.6) is 0 Å². The van der Waals surface area contributed by atoms with Crippen LogP contribution >= 0.6 is 0 Å². The number of carbonyl (C=O) groups excluding carboxylic acids is 2. The molecule has 102 valence electrons. The summed E-state index contributed by atoms with van der Waals surface area (Å²) in [5.41, 5.74) is 6.94. The number of esters is 1. The van der Waals surface area contributed by atoms with Crippen LogP contribution in [0.15, 0.2) is 18.2 Å². The van der Waals surface area contributed by atoms with Gasteiger partial charge < -0.3 is 15.8 Å². The van der Waals surface area contributed by atoms with Gasteiger partial charge in [-0.05, 0) is 31.9 Å². The molecule has 1 amide bonds. The molecule has 1 aliphatic carbocycles. The molecule has 0 radical (unpaired) electrons. The summed E-state index contributed by atoms with van der Waals surface area (Å²) in [5.74, 6) is -0.583. The van der Waals surface area contributed by atoms with Gasteiger partial charge in [-0.3, -0.25) is 4.79 Å². The minimum Gasteiger partial charge on any atom is -0.465 e. The molecule has 2 rings (SSSR count). The van der Waals surface area contributed by atoms with Crippen molar-refractivity contribution in [2.75, 3.05) is 19.0 Å². The fourth-order valence-corrected chi connectivity index (χ4v) is 1.98. The first-order valence-corrected chi connectivity index (χ1v) is 6.23. The Morgan fingerprint density at radius 3 is 2.63 bits per heavy atom. The number of nitrogens with two attached hydrogens (primary N) is 1. The average Bonchev–Trinajstić information content (AvgIpc) is 3.21. The number of hydrogen-bond acceptors (Lipinski definition) is 4. The molecule has 0 aromatic heterocycles. The summed E-state index contributed by atoms with van der Waals surface area (Å²) in [7, 11) is 1.32. The second-order valence-electron chi connectivity index (χ2n) is 4.98. The van der Waals surface area contributed by atoms with Gasteiger partial charge in [0.05, 0.1) is 23.8 Å². The fraction of sp³-hybridized carbons (Fsp3) is 0.429. The molecule has 1 aromatic rings. The quantitative estimate of drug-likeness (QED) is 0.805. The summed E-state index contributed by atoms with van der Waals surface area (Å²) in [5, 5.41) is 2.79. The van der Waals surface area contributed by atoms with Crippen LogP contribution in [0.3, 0.4) is 0 Å². The molecule has 19 heavy (non-hydrogen) atoms. The minimum atomic E-state index is -0.461. The second kappa shape index (κ2) is 5.01. The molecule has 5 heteroatoms. The Balaban J connectivity index is 2.25. The maximum absolute atomic E-state index is 12.1. The Morgan fingerprint density at radius 2 is 2.11 bits per heavy atom. The van der Waals surface area contributed by atoms with E-state index in [0.29, 0.717) is 17.8 Å². The fourth-order valence-electron chi connectivity index (χ4n) is 1.98. The molecule has 0 atom stereocenters. The van der Waals surface area contributed by atoms with Crippen molar-refractivity contribution in [1.82, 2.24) is 0 Å². The number of nitrogens with one attached hydrogen (secondary N) is 1. The number of carbonyl (C=O) groups is 2. The van der Waals surface area contributed by atoms with Gasteiger partial charge >= 0.3 is 5.97 Å². The zero-order valence-corrected chi connectivity index (χ0v) is 11.2. The van der Waals surface area contributed by atoms with Crippen molar-refractivity contribution in [3.63, 3.8) is 0 Å². The highest BCUT2D eigenvalue weighted by atomic mass is 16.5. The lowest BCUT2D eigenvalue weighted by Gasteiger charge is -2.15. The average molecular weight is 262 g/mol. The summed E-state index contributed by atoms with van der Waals surface area (Å²) in [6.07, 6.45) is 1.60. The predicted molar refractivity (Wildman–Crippen MR) is 71.9 cm³/mol. The van der Waals surface area contributed by atoms with E-state index in [1.807, 2.05) is 13.0 Å². The maximum Gasteiger partial charge on any atom is 0.339 e. The van der Waals surface area contributed by atoms with Crippen molar-refractivity contribution >= 4 is 17.6 Å². The Bertz CT molecular complexity index is 521. The first-order valence-electron chi connectivity index (χ1n) is 6.23. The molecule has 0 unspecified atom stereocenters. The number of anilines is 1. The number of aryl methyl sites for hydroxylation is 1. The van der Waals surface area contributed by atoms with Gasteiger partial charge in [-0.2, -0.15) is 0 Å². The highest BCUT2D eigenvalue weighted by molar-refractivity contribution is 6.04. The van der Waals surface area contributed by atoms with Crippen LogP contribution in [0.25, 0.3) is 0 Å². The van der Waals surface area contributed by atoms with Crippen molar-refractivity contribution < 1.29 is 14.3 Å². The number of amides is 1. The highest BCUT2D eigenvalue weighted by Crippen LogP contribution is 2.45. The zero-order chi connectivity index (χ0) is 14.0. The molecule has 0 heterocycles. The summed E-state index contributed by atoms with van der Waals surface area (Å²) in [6, 6.07) is 5.25. The van der Waals surface area contributed by atoms with Crippen molar-refractivity contribution in [3.05, 3.63) is 29.3 Å². The first kappa shape index (κ1) is 13.5. The van der Waals surface area contributed by atoms with Gasteiger partial charge in [-0.1, -0.05) is 11.6 Å². The number of benzene rings is 1. The highest BCUT2D eigenvalue weighted by Gasteiger charge is 2.48. The van der Waals surface area contributed by atoms with E-state index < -0.39 is 11.4 Å². The third kappa shape index (κ3) is 2.61. The van der Waals surface area contributed by atoms with Crippen LogP contribution in [-0.4, -0.2) is 25.5 Å². The van der Waals surface area contributed by atoms with Crippen LogP contribution in [0.4, 0.5) is 5.69 Å². The van der Waals surface area contributed by atoms with Gasteiger partial charge in [0.2, 0.25) is 5.91 Å².